The number of allylic oxidation sites excluding steroid dienone is 2. The lowest BCUT2D eigenvalue weighted by Gasteiger charge is -2.29. The zero-order valence-electron chi connectivity index (χ0n) is 37.8. The van der Waals surface area contributed by atoms with Gasteiger partial charge in [-0.1, -0.05) is 46.1 Å². The van der Waals surface area contributed by atoms with Crippen LogP contribution in [0.3, 0.4) is 0 Å². The van der Waals surface area contributed by atoms with Gasteiger partial charge >= 0.3 is 12.0 Å². The molecule has 0 bridgehead atoms. The molecule has 6 aromatic rings. The van der Waals surface area contributed by atoms with Gasteiger partial charge < -0.3 is 39.1 Å². The number of ether oxygens (including phenoxy) is 1. The molecule has 10 rings (SSSR count). The Kier molecular flexibility index (Phi) is 14.6. The Morgan fingerprint density at radius 2 is 1.23 bits per heavy atom. The SMILES string of the molecule is CC(C)Nc1nnc(-c2ccc3c(c2)C(c2nccc(Cl)n2)=CC3)o1.CC(C)Nc1nnc(-c2ccc3c(c2)C(c2nccc(OC4CCCN(C)C4)n2)=CC3)o1.CN1CCCC(O)C1. The molecule has 2 unspecified atom stereocenters. The van der Waals surface area contributed by atoms with E-state index in [1.807, 2.05) is 59.0 Å². The van der Waals surface area contributed by atoms with Gasteiger partial charge in [0.25, 0.3) is 0 Å². The van der Waals surface area contributed by atoms with Crippen LogP contribution >= 0.6 is 11.6 Å². The van der Waals surface area contributed by atoms with E-state index in [1.165, 1.54) is 11.1 Å². The number of halogens is 1. The number of hydrogen-bond donors (Lipinski definition) is 3. The van der Waals surface area contributed by atoms with Gasteiger partial charge in [0, 0.05) is 65.9 Å². The van der Waals surface area contributed by atoms with Crippen molar-refractivity contribution in [2.45, 2.75) is 90.5 Å². The number of aliphatic hydroxyl groups is 1. The Morgan fingerprint density at radius 3 is 1.74 bits per heavy atom. The average molecular weight is 902 g/mol. The van der Waals surface area contributed by atoms with Gasteiger partial charge in [0.15, 0.2) is 11.6 Å². The molecule has 2 aliphatic heterocycles. The molecular weight excluding hydrogens is 844 g/mol. The lowest BCUT2D eigenvalue weighted by Crippen LogP contribution is -2.38. The van der Waals surface area contributed by atoms with Crippen LogP contribution in [0.5, 0.6) is 5.88 Å². The van der Waals surface area contributed by atoms with Gasteiger partial charge in [-0.3, -0.25) is 0 Å². The zero-order valence-corrected chi connectivity index (χ0v) is 38.6. The fourth-order valence-electron chi connectivity index (χ4n) is 8.16. The number of benzene rings is 2. The van der Waals surface area contributed by atoms with Gasteiger partial charge in [-0.2, -0.15) is 4.98 Å². The summed E-state index contributed by atoms with van der Waals surface area (Å²) in [5.74, 6) is 2.89. The molecular formula is C48H57ClN12O4. The van der Waals surface area contributed by atoms with E-state index in [2.05, 4.69) is 93.2 Å². The Morgan fingerprint density at radius 1 is 0.692 bits per heavy atom. The van der Waals surface area contributed by atoms with E-state index in [-0.39, 0.29) is 24.3 Å². The van der Waals surface area contributed by atoms with E-state index in [9.17, 15) is 0 Å². The van der Waals surface area contributed by atoms with Crippen LogP contribution in [0.15, 0.2) is 81.9 Å². The van der Waals surface area contributed by atoms with Gasteiger partial charge in [0.2, 0.25) is 17.7 Å². The third-order valence-corrected chi connectivity index (χ3v) is 11.4. The molecule has 0 spiro atoms. The molecule has 3 N–H and O–H groups in total. The first-order chi connectivity index (χ1) is 31.4. The summed E-state index contributed by atoms with van der Waals surface area (Å²) in [5, 5.41) is 32.1. The Hall–Kier alpha value is -6.07. The maximum Gasteiger partial charge on any atom is 0.315 e. The van der Waals surface area contributed by atoms with E-state index in [1.54, 1.807) is 18.5 Å². The van der Waals surface area contributed by atoms with Crippen molar-refractivity contribution in [3.8, 4) is 28.8 Å². The predicted octanol–water partition coefficient (Wildman–Crippen LogP) is 7.87. The number of nitrogens with one attached hydrogen (secondary N) is 2. The topological polar surface area (TPSA) is 189 Å². The van der Waals surface area contributed by atoms with Gasteiger partial charge in [-0.25, -0.2) is 15.0 Å². The fourth-order valence-corrected chi connectivity index (χ4v) is 8.30. The van der Waals surface area contributed by atoms with E-state index in [0.29, 0.717) is 46.5 Å². The second kappa shape index (κ2) is 20.8. The molecule has 16 nitrogen and oxygen atoms in total. The minimum absolute atomic E-state index is 0.0613. The number of aromatic nitrogens is 8. The van der Waals surface area contributed by atoms with Crippen LogP contribution < -0.4 is 15.4 Å². The number of likely N-dealkylation sites (N-methyl/N-ethyl adjacent to an activating group) is 2. The first-order valence-corrected chi connectivity index (χ1v) is 22.7. The number of anilines is 2. The third-order valence-electron chi connectivity index (χ3n) is 11.2. The number of β-amino-alcohol motifs (C(OH)–C–C–N with tert-alkyl or cyclic N) is 1. The molecule has 2 fully saturated rings. The normalized spacial score (nSPS) is 18.2. The molecule has 340 valence electrons. The first-order valence-electron chi connectivity index (χ1n) is 22.4. The summed E-state index contributed by atoms with van der Waals surface area (Å²) in [5.41, 5.74) is 8.31. The van der Waals surface area contributed by atoms with Crippen molar-refractivity contribution >= 4 is 34.8 Å². The van der Waals surface area contributed by atoms with Crippen molar-refractivity contribution in [3.63, 3.8) is 0 Å². The summed E-state index contributed by atoms with van der Waals surface area (Å²) in [6.45, 7) is 12.1. The molecule has 2 atom stereocenters. The van der Waals surface area contributed by atoms with Crippen LogP contribution in [-0.4, -0.2) is 120 Å². The van der Waals surface area contributed by atoms with Gasteiger partial charge in [-0.05, 0) is 146 Å². The largest absolute Gasteiger partial charge is 0.473 e. The lowest BCUT2D eigenvalue weighted by atomic mass is 10.0. The Bertz CT molecular complexity index is 2620. The second-order valence-electron chi connectivity index (χ2n) is 17.4. The number of aliphatic hydroxyl groups excluding tert-OH is 1. The summed E-state index contributed by atoms with van der Waals surface area (Å²) in [6.07, 6.45) is 13.8. The molecule has 0 radical (unpaired) electrons. The molecule has 4 aromatic heterocycles. The summed E-state index contributed by atoms with van der Waals surface area (Å²) in [7, 11) is 4.17. The van der Waals surface area contributed by atoms with E-state index < -0.39 is 0 Å². The van der Waals surface area contributed by atoms with Crippen LogP contribution in [0.25, 0.3) is 34.1 Å². The van der Waals surface area contributed by atoms with E-state index in [4.69, 9.17) is 35.3 Å². The van der Waals surface area contributed by atoms with Crippen molar-refractivity contribution in [1.29, 1.82) is 0 Å². The Labute approximate surface area is 384 Å². The van der Waals surface area contributed by atoms with Crippen LogP contribution in [0, 0.1) is 0 Å². The highest BCUT2D eigenvalue weighted by Crippen LogP contribution is 2.36. The quantitative estimate of drug-likeness (QED) is 0.113. The van der Waals surface area contributed by atoms with Gasteiger partial charge in [-0.15, -0.1) is 10.2 Å². The zero-order chi connectivity index (χ0) is 45.5. The van der Waals surface area contributed by atoms with Crippen molar-refractivity contribution in [2.24, 2.45) is 0 Å². The monoisotopic (exact) mass is 900 g/mol. The number of nitrogens with zero attached hydrogens (tertiary/aromatic N) is 10. The van der Waals surface area contributed by atoms with Crippen molar-refractivity contribution in [2.75, 3.05) is 50.9 Å². The third kappa shape index (κ3) is 11.8. The summed E-state index contributed by atoms with van der Waals surface area (Å²) in [6, 6.07) is 17.1. The van der Waals surface area contributed by atoms with E-state index >= 15 is 0 Å². The number of fused-ring (bicyclic) bond motifs is 2. The van der Waals surface area contributed by atoms with Gasteiger partial charge in [0.1, 0.15) is 11.3 Å². The van der Waals surface area contributed by atoms with Crippen molar-refractivity contribution < 1.29 is 18.7 Å². The van der Waals surface area contributed by atoms with Gasteiger partial charge in [0.05, 0.1) is 6.10 Å². The van der Waals surface area contributed by atoms with Crippen molar-refractivity contribution in [1.82, 2.24) is 50.1 Å². The Balaban J connectivity index is 0.000000155. The molecule has 0 amide bonds. The summed E-state index contributed by atoms with van der Waals surface area (Å²) >= 11 is 6.00. The highest BCUT2D eigenvalue weighted by molar-refractivity contribution is 6.29. The molecule has 2 saturated heterocycles. The minimum atomic E-state index is -0.0613. The summed E-state index contributed by atoms with van der Waals surface area (Å²) in [4.78, 5) is 22.4. The average Bonchev–Trinajstić information content (AvgIpc) is 4.11. The molecule has 4 aliphatic rings. The summed E-state index contributed by atoms with van der Waals surface area (Å²) < 4.78 is 17.7. The van der Waals surface area contributed by atoms with Crippen LogP contribution in [0.4, 0.5) is 12.0 Å². The molecule has 17 heteroatoms. The first kappa shape index (κ1) is 45.5. The second-order valence-corrected chi connectivity index (χ2v) is 17.8. The smallest absolute Gasteiger partial charge is 0.315 e. The molecule has 2 aliphatic carbocycles. The number of rotatable bonds is 10. The molecule has 6 heterocycles. The van der Waals surface area contributed by atoms with E-state index in [0.717, 1.165) is 98.1 Å². The van der Waals surface area contributed by atoms with Crippen LogP contribution in [-0.2, 0) is 12.8 Å². The molecule has 2 aromatic carbocycles. The predicted molar refractivity (Wildman–Crippen MR) is 252 cm³/mol. The van der Waals surface area contributed by atoms with Crippen LogP contribution in [0.2, 0.25) is 5.15 Å². The minimum Gasteiger partial charge on any atom is -0.473 e. The highest BCUT2D eigenvalue weighted by Gasteiger charge is 2.24. The number of piperidine rings is 2. The maximum absolute atomic E-state index is 9.04. The number of hydrogen-bond acceptors (Lipinski definition) is 16. The van der Waals surface area contributed by atoms with Crippen LogP contribution in [0.1, 0.15) is 87.3 Å². The molecule has 65 heavy (non-hydrogen) atoms. The lowest BCUT2D eigenvalue weighted by molar-refractivity contribution is 0.0846. The van der Waals surface area contributed by atoms with Crippen molar-refractivity contribution in [3.05, 3.63) is 112 Å². The molecule has 0 saturated carbocycles. The highest BCUT2D eigenvalue weighted by atomic mass is 35.5. The maximum atomic E-state index is 9.04. The number of likely N-dealkylation sites (tertiary alicyclic amines) is 2. The standard InChI is InChI=1S/C24H28N6O2.C18H16ClN5O.C6H13NO/c1-15(2)26-24-29-28-23(32-24)17-7-6-16-8-9-19(20(16)13-17)22-25-11-10-21(27-22)31-18-5-4-12-30(3)14-18;1-10(2)21-18-24-23-17(25-18)12-4-3-11-5-6-13(14(11)9-12)16-20-8-7-15(19)22-16;1-7-4-2-3-6(8)5-7/h6-7,9-11,13,15,18H,4-5,8,12,14H2,1-3H3,(H,26,29);3-4,6-10H,5H2,1-2H3,(H,21,24);6,8H,2-5H2,1H3. The fraction of sp³-hybridized carbons (Fsp3) is 0.417.